The van der Waals surface area contributed by atoms with Crippen LogP contribution in [0.25, 0.3) is 0 Å². The van der Waals surface area contributed by atoms with Crippen molar-refractivity contribution in [2.75, 3.05) is 19.6 Å². The Balaban J connectivity index is 1.31. The van der Waals surface area contributed by atoms with Crippen molar-refractivity contribution in [3.8, 4) is 0 Å². The predicted octanol–water partition coefficient (Wildman–Crippen LogP) is 5.93. The Morgan fingerprint density at radius 1 is 1.00 bits per heavy atom. The van der Waals surface area contributed by atoms with Gasteiger partial charge in [-0.1, -0.05) is 72.8 Å². The first-order valence-electron chi connectivity index (χ1n) is 11.9. The second-order valence-corrected chi connectivity index (χ2v) is 8.97. The van der Waals surface area contributed by atoms with E-state index in [0.29, 0.717) is 5.92 Å². The van der Waals surface area contributed by atoms with E-state index in [4.69, 9.17) is 0 Å². The Morgan fingerprint density at radius 3 is 2.41 bits per heavy atom. The third-order valence-electron chi connectivity index (χ3n) is 6.59. The lowest BCUT2D eigenvalue weighted by Crippen LogP contribution is -2.37. The standard InChI is InChI=1S/C29H35N3/c1-23-13-15-27(16-14-23)29(28-12-6-7-19-30-28)31-24(2)26-17-21-32(22-18-26)20-8-11-25-9-4-3-5-10-25/h3-7,9-10,12-16,19,26,29,31H,2,8,11,17-18,20-22H2,1H3. The van der Waals surface area contributed by atoms with Gasteiger partial charge < -0.3 is 10.2 Å². The summed E-state index contributed by atoms with van der Waals surface area (Å²) in [4.78, 5) is 7.25. The number of piperidine rings is 1. The van der Waals surface area contributed by atoms with Crippen LogP contribution in [0.5, 0.6) is 0 Å². The lowest BCUT2D eigenvalue weighted by molar-refractivity contribution is 0.193. The average Bonchev–Trinajstić information content (AvgIpc) is 2.85. The number of rotatable bonds is 9. The molecule has 1 aromatic heterocycles. The van der Waals surface area contributed by atoms with E-state index in [2.05, 4.69) is 95.4 Å². The zero-order valence-electron chi connectivity index (χ0n) is 19.2. The topological polar surface area (TPSA) is 28.2 Å². The first-order valence-corrected chi connectivity index (χ1v) is 11.9. The van der Waals surface area contributed by atoms with Crippen molar-refractivity contribution < 1.29 is 0 Å². The van der Waals surface area contributed by atoms with E-state index >= 15 is 0 Å². The zero-order valence-corrected chi connectivity index (χ0v) is 19.2. The molecule has 4 rings (SSSR count). The molecule has 0 amide bonds. The minimum absolute atomic E-state index is 0.0354. The van der Waals surface area contributed by atoms with Gasteiger partial charge in [-0.15, -0.1) is 0 Å². The van der Waals surface area contributed by atoms with Gasteiger partial charge in [-0.25, -0.2) is 0 Å². The molecule has 3 aromatic rings. The van der Waals surface area contributed by atoms with Gasteiger partial charge in [0, 0.05) is 17.8 Å². The fourth-order valence-corrected chi connectivity index (χ4v) is 4.59. The molecule has 1 aliphatic heterocycles. The average molecular weight is 426 g/mol. The Bertz CT molecular complexity index is 958. The molecule has 0 aliphatic carbocycles. The molecule has 3 nitrogen and oxygen atoms in total. The summed E-state index contributed by atoms with van der Waals surface area (Å²) in [5.74, 6) is 0.511. The summed E-state index contributed by atoms with van der Waals surface area (Å²) in [6.07, 6.45) is 6.59. The fraction of sp³-hybridized carbons (Fsp3) is 0.345. The molecule has 3 heteroatoms. The maximum absolute atomic E-state index is 4.63. The lowest BCUT2D eigenvalue weighted by atomic mass is 9.92. The Morgan fingerprint density at radius 2 is 1.72 bits per heavy atom. The minimum atomic E-state index is 0.0354. The zero-order chi connectivity index (χ0) is 22.2. The van der Waals surface area contributed by atoms with Crippen LogP contribution in [0.2, 0.25) is 0 Å². The largest absolute Gasteiger partial charge is 0.376 e. The first-order chi connectivity index (χ1) is 15.7. The van der Waals surface area contributed by atoms with E-state index in [-0.39, 0.29) is 6.04 Å². The van der Waals surface area contributed by atoms with Crippen LogP contribution >= 0.6 is 0 Å². The van der Waals surface area contributed by atoms with Crippen LogP contribution in [-0.2, 0) is 6.42 Å². The molecule has 32 heavy (non-hydrogen) atoms. The number of benzene rings is 2. The van der Waals surface area contributed by atoms with E-state index < -0.39 is 0 Å². The second-order valence-electron chi connectivity index (χ2n) is 8.97. The van der Waals surface area contributed by atoms with E-state index in [1.165, 1.54) is 42.5 Å². The van der Waals surface area contributed by atoms with Crippen molar-refractivity contribution >= 4 is 0 Å². The second kappa shape index (κ2) is 11.1. The molecule has 0 saturated carbocycles. The van der Waals surface area contributed by atoms with Crippen molar-refractivity contribution in [2.24, 2.45) is 5.92 Å². The van der Waals surface area contributed by atoms with Gasteiger partial charge in [-0.3, -0.25) is 4.98 Å². The molecule has 2 aromatic carbocycles. The highest BCUT2D eigenvalue weighted by Gasteiger charge is 2.24. The Kier molecular flexibility index (Phi) is 7.73. The summed E-state index contributed by atoms with van der Waals surface area (Å²) in [6, 6.07) is 25.7. The Hall–Kier alpha value is -2.91. The number of nitrogens with zero attached hydrogens (tertiary/aromatic N) is 2. The normalized spacial score (nSPS) is 15.9. The summed E-state index contributed by atoms with van der Waals surface area (Å²) in [5, 5.41) is 3.74. The molecule has 1 aliphatic rings. The SMILES string of the molecule is C=C(NC(c1ccc(C)cc1)c1ccccn1)C1CCN(CCCc2ccccc2)CC1. The molecule has 1 N–H and O–H groups in total. The minimum Gasteiger partial charge on any atom is -0.376 e. The number of nitrogens with one attached hydrogen (secondary N) is 1. The maximum Gasteiger partial charge on any atom is 0.0937 e. The smallest absolute Gasteiger partial charge is 0.0937 e. The molecular formula is C29H35N3. The first kappa shape index (κ1) is 22.3. The lowest BCUT2D eigenvalue weighted by Gasteiger charge is -2.34. The van der Waals surface area contributed by atoms with Gasteiger partial charge in [0.15, 0.2) is 0 Å². The van der Waals surface area contributed by atoms with Crippen LogP contribution in [0.15, 0.2) is 91.3 Å². The molecule has 1 unspecified atom stereocenters. The van der Waals surface area contributed by atoms with Crippen LogP contribution < -0.4 is 5.32 Å². The predicted molar refractivity (Wildman–Crippen MR) is 133 cm³/mol. The molecule has 1 fully saturated rings. The van der Waals surface area contributed by atoms with E-state index in [1.807, 2.05) is 12.3 Å². The number of aryl methyl sites for hydroxylation is 2. The van der Waals surface area contributed by atoms with Crippen LogP contribution in [0.1, 0.15) is 47.7 Å². The van der Waals surface area contributed by atoms with Crippen LogP contribution in [0.4, 0.5) is 0 Å². The van der Waals surface area contributed by atoms with Crippen LogP contribution in [0.3, 0.4) is 0 Å². The monoisotopic (exact) mass is 425 g/mol. The third-order valence-corrected chi connectivity index (χ3v) is 6.59. The fourth-order valence-electron chi connectivity index (χ4n) is 4.59. The molecule has 2 heterocycles. The highest BCUT2D eigenvalue weighted by atomic mass is 15.1. The summed E-state index contributed by atoms with van der Waals surface area (Å²) in [6.45, 7) is 10.1. The maximum atomic E-state index is 4.63. The number of allylic oxidation sites excluding steroid dienone is 1. The van der Waals surface area contributed by atoms with Crippen molar-refractivity contribution in [2.45, 2.75) is 38.6 Å². The van der Waals surface area contributed by atoms with Gasteiger partial charge in [-0.05, 0) is 75.5 Å². The molecule has 0 spiro atoms. The van der Waals surface area contributed by atoms with E-state index in [1.54, 1.807) is 0 Å². The van der Waals surface area contributed by atoms with E-state index in [9.17, 15) is 0 Å². The molecule has 0 bridgehead atoms. The summed E-state index contributed by atoms with van der Waals surface area (Å²) in [5.41, 5.74) is 6.12. The molecular weight excluding hydrogens is 390 g/mol. The summed E-state index contributed by atoms with van der Waals surface area (Å²) < 4.78 is 0. The number of pyridine rings is 1. The highest BCUT2D eigenvalue weighted by molar-refractivity contribution is 5.31. The van der Waals surface area contributed by atoms with Gasteiger partial charge >= 0.3 is 0 Å². The van der Waals surface area contributed by atoms with Crippen molar-refractivity contribution in [3.63, 3.8) is 0 Å². The van der Waals surface area contributed by atoms with Gasteiger partial charge in [0.05, 0.1) is 11.7 Å². The van der Waals surface area contributed by atoms with Crippen LogP contribution in [-0.4, -0.2) is 29.5 Å². The number of likely N-dealkylation sites (tertiary alicyclic amines) is 1. The summed E-state index contributed by atoms with van der Waals surface area (Å²) >= 11 is 0. The van der Waals surface area contributed by atoms with Crippen molar-refractivity contribution in [1.82, 2.24) is 15.2 Å². The molecule has 0 radical (unpaired) electrons. The molecule has 1 saturated heterocycles. The van der Waals surface area contributed by atoms with Crippen molar-refractivity contribution in [1.29, 1.82) is 0 Å². The van der Waals surface area contributed by atoms with Crippen molar-refractivity contribution in [3.05, 3.63) is 114 Å². The van der Waals surface area contributed by atoms with Gasteiger partial charge in [-0.2, -0.15) is 0 Å². The third kappa shape index (κ3) is 6.08. The van der Waals surface area contributed by atoms with Gasteiger partial charge in [0.1, 0.15) is 0 Å². The number of hydrogen-bond donors (Lipinski definition) is 1. The Labute approximate surface area is 193 Å². The highest BCUT2D eigenvalue weighted by Crippen LogP contribution is 2.27. The number of aromatic nitrogens is 1. The van der Waals surface area contributed by atoms with E-state index in [0.717, 1.165) is 30.9 Å². The van der Waals surface area contributed by atoms with Gasteiger partial charge in [0.25, 0.3) is 0 Å². The van der Waals surface area contributed by atoms with Crippen LogP contribution in [0, 0.1) is 12.8 Å². The summed E-state index contributed by atoms with van der Waals surface area (Å²) in [7, 11) is 0. The van der Waals surface area contributed by atoms with Gasteiger partial charge in [0.2, 0.25) is 0 Å². The number of hydrogen-bond acceptors (Lipinski definition) is 3. The molecule has 166 valence electrons. The molecule has 1 atom stereocenters. The quantitative estimate of drug-likeness (QED) is 0.461.